The maximum Gasteiger partial charge on any atom is 0.220 e. The molecule has 0 aromatic heterocycles. The lowest BCUT2D eigenvalue weighted by Crippen LogP contribution is -2.32. The Balaban J connectivity index is 3.40. The third-order valence-corrected chi connectivity index (χ3v) is 1.73. The molecule has 72 valence electrons. The lowest BCUT2D eigenvalue weighted by Gasteiger charge is -2.12. The molecule has 0 radical (unpaired) electrons. The molecule has 0 aromatic rings. The molecule has 0 saturated carbocycles. The molecule has 0 aliphatic heterocycles. The number of hydrogen-bond donors (Lipinski definition) is 2. The lowest BCUT2D eigenvalue weighted by molar-refractivity contribution is -0.121. The minimum Gasteiger partial charge on any atom is -0.354 e. The third kappa shape index (κ3) is 6.16. The van der Waals surface area contributed by atoms with E-state index in [0.29, 0.717) is 13.0 Å². The summed E-state index contributed by atoms with van der Waals surface area (Å²) in [6, 6.07) is 0.271. The van der Waals surface area contributed by atoms with Crippen LogP contribution < -0.4 is 11.1 Å². The van der Waals surface area contributed by atoms with Gasteiger partial charge in [-0.05, 0) is 32.7 Å². The second-order valence-corrected chi connectivity index (χ2v) is 3.15. The SMILES string of the molecule is CCCC(=O)NC(C)CCCN. The smallest absolute Gasteiger partial charge is 0.220 e. The highest BCUT2D eigenvalue weighted by atomic mass is 16.1. The van der Waals surface area contributed by atoms with Gasteiger partial charge in [0.15, 0.2) is 0 Å². The van der Waals surface area contributed by atoms with E-state index in [1.165, 1.54) is 0 Å². The van der Waals surface area contributed by atoms with Crippen LogP contribution in [0.5, 0.6) is 0 Å². The van der Waals surface area contributed by atoms with Crippen molar-refractivity contribution in [3.05, 3.63) is 0 Å². The van der Waals surface area contributed by atoms with Crippen LogP contribution in [0.15, 0.2) is 0 Å². The van der Waals surface area contributed by atoms with Crippen molar-refractivity contribution in [2.24, 2.45) is 5.73 Å². The molecule has 3 N–H and O–H groups in total. The topological polar surface area (TPSA) is 55.1 Å². The molecule has 3 heteroatoms. The van der Waals surface area contributed by atoms with Gasteiger partial charge in [-0.2, -0.15) is 0 Å². The van der Waals surface area contributed by atoms with Crippen molar-refractivity contribution in [2.45, 2.75) is 45.6 Å². The van der Waals surface area contributed by atoms with Gasteiger partial charge >= 0.3 is 0 Å². The first-order chi connectivity index (χ1) is 5.70. The fourth-order valence-electron chi connectivity index (χ4n) is 1.07. The molecule has 0 rings (SSSR count). The number of nitrogens with two attached hydrogens (primary N) is 1. The van der Waals surface area contributed by atoms with E-state index in [-0.39, 0.29) is 11.9 Å². The monoisotopic (exact) mass is 172 g/mol. The van der Waals surface area contributed by atoms with Crippen LogP contribution in [0.25, 0.3) is 0 Å². The van der Waals surface area contributed by atoms with E-state index < -0.39 is 0 Å². The van der Waals surface area contributed by atoms with Crippen LogP contribution in [0.3, 0.4) is 0 Å². The Bertz CT molecular complexity index is 126. The second-order valence-electron chi connectivity index (χ2n) is 3.15. The second kappa shape index (κ2) is 7.10. The molecule has 1 unspecified atom stereocenters. The van der Waals surface area contributed by atoms with Crippen LogP contribution in [-0.4, -0.2) is 18.5 Å². The van der Waals surface area contributed by atoms with Crippen molar-refractivity contribution in [1.82, 2.24) is 5.32 Å². The first kappa shape index (κ1) is 11.4. The first-order valence-electron chi connectivity index (χ1n) is 4.70. The van der Waals surface area contributed by atoms with Gasteiger partial charge < -0.3 is 11.1 Å². The lowest BCUT2D eigenvalue weighted by atomic mass is 10.2. The zero-order chi connectivity index (χ0) is 9.40. The fourth-order valence-corrected chi connectivity index (χ4v) is 1.07. The predicted molar refractivity (Wildman–Crippen MR) is 50.8 cm³/mol. The van der Waals surface area contributed by atoms with Gasteiger partial charge in [-0.1, -0.05) is 6.92 Å². The van der Waals surface area contributed by atoms with Crippen molar-refractivity contribution < 1.29 is 4.79 Å². The average molecular weight is 172 g/mol. The Morgan fingerprint density at radius 2 is 2.25 bits per heavy atom. The van der Waals surface area contributed by atoms with Crippen molar-refractivity contribution in [3.8, 4) is 0 Å². The van der Waals surface area contributed by atoms with Crippen molar-refractivity contribution in [1.29, 1.82) is 0 Å². The van der Waals surface area contributed by atoms with Crippen LogP contribution in [0.2, 0.25) is 0 Å². The van der Waals surface area contributed by atoms with Crippen LogP contribution in [0, 0.1) is 0 Å². The predicted octanol–water partition coefficient (Wildman–Crippen LogP) is 1.03. The van der Waals surface area contributed by atoms with Gasteiger partial charge in [0, 0.05) is 12.5 Å². The quantitative estimate of drug-likeness (QED) is 0.628. The standard InChI is InChI=1S/C9H20N2O/c1-3-5-9(12)11-8(2)6-4-7-10/h8H,3-7,10H2,1-2H3,(H,11,12). The van der Waals surface area contributed by atoms with E-state index in [9.17, 15) is 4.79 Å². The summed E-state index contributed by atoms with van der Waals surface area (Å²) in [7, 11) is 0. The first-order valence-corrected chi connectivity index (χ1v) is 4.70. The molecular weight excluding hydrogens is 152 g/mol. The molecule has 1 amide bonds. The van der Waals surface area contributed by atoms with Crippen LogP contribution in [0.4, 0.5) is 0 Å². The maximum atomic E-state index is 11.1. The molecule has 0 aromatic carbocycles. The molecule has 0 aliphatic carbocycles. The number of carbonyl (C=O) groups excluding carboxylic acids is 1. The Hall–Kier alpha value is -0.570. The minimum atomic E-state index is 0.155. The highest BCUT2D eigenvalue weighted by Crippen LogP contribution is 1.96. The summed E-state index contributed by atoms with van der Waals surface area (Å²) in [4.78, 5) is 11.1. The summed E-state index contributed by atoms with van der Waals surface area (Å²) >= 11 is 0. The van der Waals surface area contributed by atoms with Crippen molar-refractivity contribution in [2.75, 3.05) is 6.54 Å². The van der Waals surface area contributed by atoms with Crippen LogP contribution in [0.1, 0.15) is 39.5 Å². The normalized spacial score (nSPS) is 12.6. The summed E-state index contributed by atoms with van der Waals surface area (Å²) < 4.78 is 0. The molecule has 0 bridgehead atoms. The summed E-state index contributed by atoms with van der Waals surface area (Å²) in [5, 5.41) is 2.92. The van der Waals surface area contributed by atoms with Gasteiger partial charge in [-0.15, -0.1) is 0 Å². The van der Waals surface area contributed by atoms with Gasteiger partial charge in [0.1, 0.15) is 0 Å². The maximum absolute atomic E-state index is 11.1. The largest absolute Gasteiger partial charge is 0.354 e. The Labute approximate surface area is 74.7 Å². The number of carbonyl (C=O) groups is 1. The van der Waals surface area contributed by atoms with Gasteiger partial charge in [0.2, 0.25) is 5.91 Å². The van der Waals surface area contributed by atoms with Gasteiger partial charge in [-0.3, -0.25) is 4.79 Å². The molecule has 0 fully saturated rings. The van der Waals surface area contributed by atoms with E-state index in [0.717, 1.165) is 19.3 Å². The zero-order valence-electron chi connectivity index (χ0n) is 8.10. The van der Waals surface area contributed by atoms with E-state index >= 15 is 0 Å². The summed E-state index contributed by atoms with van der Waals surface area (Å²) in [6.07, 6.45) is 3.50. The number of rotatable bonds is 6. The van der Waals surface area contributed by atoms with E-state index in [2.05, 4.69) is 5.32 Å². The third-order valence-electron chi connectivity index (χ3n) is 1.73. The van der Waals surface area contributed by atoms with E-state index in [4.69, 9.17) is 5.73 Å². The minimum absolute atomic E-state index is 0.155. The highest BCUT2D eigenvalue weighted by molar-refractivity contribution is 5.76. The molecule has 0 heterocycles. The molecule has 0 spiro atoms. The number of nitrogens with one attached hydrogen (secondary N) is 1. The van der Waals surface area contributed by atoms with Crippen LogP contribution in [-0.2, 0) is 4.79 Å². The highest BCUT2D eigenvalue weighted by Gasteiger charge is 2.04. The van der Waals surface area contributed by atoms with Crippen molar-refractivity contribution in [3.63, 3.8) is 0 Å². The van der Waals surface area contributed by atoms with Crippen molar-refractivity contribution >= 4 is 5.91 Å². The molecule has 0 aliphatic rings. The Morgan fingerprint density at radius 3 is 2.75 bits per heavy atom. The summed E-state index contributed by atoms with van der Waals surface area (Å²) in [6.45, 7) is 4.72. The average Bonchev–Trinajstić information content (AvgIpc) is 2.01. The number of hydrogen-bond acceptors (Lipinski definition) is 2. The summed E-state index contributed by atoms with van der Waals surface area (Å²) in [5.74, 6) is 0.155. The summed E-state index contributed by atoms with van der Waals surface area (Å²) in [5.41, 5.74) is 5.35. The van der Waals surface area contributed by atoms with E-state index in [1.807, 2.05) is 13.8 Å². The Kier molecular flexibility index (Phi) is 6.76. The molecule has 3 nitrogen and oxygen atoms in total. The van der Waals surface area contributed by atoms with Crippen LogP contribution >= 0.6 is 0 Å². The fraction of sp³-hybridized carbons (Fsp3) is 0.889. The van der Waals surface area contributed by atoms with E-state index in [1.54, 1.807) is 0 Å². The molecule has 1 atom stereocenters. The Morgan fingerprint density at radius 1 is 1.58 bits per heavy atom. The zero-order valence-corrected chi connectivity index (χ0v) is 8.10. The van der Waals surface area contributed by atoms with Gasteiger partial charge in [-0.25, -0.2) is 0 Å². The number of amides is 1. The molecule has 0 saturated heterocycles. The molecular formula is C9H20N2O. The van der Waals surface area contributed by atoms with Gasteiger partial charge in [0.25, 0.3) is 0 Å². The molecule has 12 heavy (non-hydrogen) atoms. The van der Waals surface area contributed by atoms with Gasteiger partial charge in [0.05, 0.1) is 0 Å².